The maximum absolute atomic E-state index is 10.0. The number of pyridine rings is 1. The van der Waals surface area contributed by atoms with Crippen LogP contribution >= 0.6 is 23.5 Å². The smallest absolute Gasteiger partial charge is 0.159 e. The van der Waals surface area contributed by atoms with Gasteiger partial charge in [-0.3, -0.25) is 5.32 Å². The summed E-state index contributed by atoms with van der Waals surface area (Å²) < 4.78 is 0. The highest BCUT2D eigenvalue weighted by Crippen LogP contribution is 2.36. The molecule has 126 valence electrons. The molecule has 1 saturated heterocycles. The number of fused-ring (bicyclic) bond motifs is 1. The molecule has 25 heavy (non-hydrogen) atoms. The summed E-state index contributed by atoms with van der Waals surface area (Å²) in [5, 5.41) is 24.3. The molecule has 3 N–H and O–H groups in total. The van der Waals surface area contributed by atoms with Crippen LogP contribution in [0.5, 0.6) is 0 Å². The molecule has 0 amide bonds. The van der Waals surface area contributed by atoms with E-state index in [1.54, 1.807) is 11.8 Å². The molecule has 0 radical (unpaired) electrons. The Hall–Kier alpha value is -1.83. The van der Waals surface area contributed by atoms with Gasteiger partial charge in [-0.05, 0) is 30.3 Å². The van der Waals surface area contributed by atoms with E-state index in [1.165, 1.54) is 11.8 Å². The van der Waals surface area contributed by atoms with Crippen LogP contribution in [-0.4, -0.2) is 27.0 Å². The van der Waals surface area contributed by atoms with Crippen molar-refractivity contribution in [3.63, 3.8) is 0 Å². The third-order valence-electron chi connectivity index (χ3n) is 3.79. The number of hydrogen-bond acceptors (Lipinski definition) is 6. The van der Waals surface area contributed by atoms with Crippen molar-refractivity contribution in [1.29, 1.82) is 0 Å². The lowest BCUT2D eigenvalue weighted by Gasteiger charge is -2.09. The fourth-order valence-corrected chi connectivity index (χ4v) is 4.35. The average Bonchev–Trinajstić information content (AvgIpc) is 2.93. The Labute approximate surface area is 154 Å². The van der Waals surface area contributed by atoms with Crippen molar-refractivity contribution in [2.45, 2.75) is 21.7 Å². The molecule has 2 aromatic carbocycles. The van der Waals surface area contributed by atoms with Gasteiger partial charge in [-0.2, -0.15) is 0 Å². The van der Waals surface area contributed by atoms with Crippen LogP contribution in [0.1, 0.15) is 5.56 Å². The van der Waals surface area contributed by atoms with Crippen LogP contribution in [0.2, 0.25) is 0 Å². The van der Waals surface area contributed by atoms with E-state index >= 15 is 0 Å². The lowest BCUT2D eigenvalue weighted by molar-refractivity contribution is 0.127. The molecule has 2 heterocycles. The van der Waals surface area contributed by atoms with Crippen molar-refractivity contribution in [1.82, 2.24) is 10.3 Å². The zero-order valence-electron chi connectivity index (χ0n) is 13.2. The van der Waals surface area contributed by atoms with E-state index in [2.05, 4.69) is 11.4 Å². The summed E-state index contributed by atoms with van der Waals surface area (Å²) in [6, 6.07) is 20.1. The first-order valence-electron chi connectivity index (χ1n) is 7.82. The Morgan fingerprint density at radius 2 is 1.80 bits per heavy atom. The van der Waals surface area contributed by atoms with Crippen molar-refractivity contribution >= 4 is 40.5 Å². The quantitative estimate of drug-likeness (QED) is 0.656. The Morgan fingerprint density at radius 1 is 1.04 bits per heavy atom. The van der Waals surface area contributed by atoms with Gasteiger partial charge in [0.15, 0.2) is 5.56 Å². The number of thioether (sulfide) groups is 1. The second-order valence-electron chi connectivity index (χ2n) is 5.58. The highest BCUT2D eigenvalue weighted by atomic mass is 32.2. The highest BCUT2D eigenvalue weighted by Gasteiger charge is 2.26. The number of aliphatic hydroxyl groups excluding tert-OH is 2. The molecule has 0 bridgehead atoms. The molecule has 0 saturated carbocycles. The molecule has 6 heteroatoms. The highest BCUT2D eigenvalue weighted by molar-refractivity contribution is 8.04. The van der Waals surface area contributed by atoms with Gasteiger partial charge in [-0.15, -0.1) is 0 Å². The van der Waals surface area contributed by atoms with Crippen molar-refractivity contribution < 1.29 is 10.2 Å². The predicted octanol–water partition coefficient (Wildman–Crippen LogP) is 3.66. The first-order valence-corrected chi connectivity index (χ1v) is 9.52. The van der Waals surface area contributed by atoms with Gasteiger partial charge in [0.2, 0.25) is 0 Å². The van der Waals surface area contributed by atoms with E-state index in [0.717, 1.165) is 26.4 Å². The van der Waals surface area contributed by atoms with Crippen LogP contribution in [0.15, 0.2) is 75.5 Å². The van der Waals surface area contributed by atoms with Gasteiger partial charge in [0.05, 0.1) is 5.52 Å². The summed E-state index contributed by atoms with van der Waals surface area (Å²) in [7, 11) is 0. The number of nitrogens with one attached hydrogen (secondary N) is 1. The molecule has 2 unspecified atom stereocenters. The lowest BCUT2D eigenvalue weighted by Crippen LogP contribution is -2.28. The van der Waals surface area contributed by atoms with Gasteiger partial charge >= 0.3 is 0 Å². The monoisotopic (exact) mass is 368 g/mol. The largest absolute Gasteiger partial charge is 0.374 e. The Balaban J connectivity index is 1.80. The van der Waals surface area contributed by atoms with E-state index in [-0.39, 0.29) is 0 Å². The summed E-state index contributed by atoms with van der Waals surface area (Å²) in [6.45, 7) is 0. The predicted molar refractivity (Wildman–Crippen MR) is 103 cm³/mol. The second kappa shape index (κ2) is 7.19. The van der Waals surface area contributed by atoms with Crippen LogP contribution in [-0.2, 0) is 0 Å². The van der Waals surface area contributed by atoms with E-state index in [0.29, 0.717) is 4.91 Å². The summed E-state index contributed by atoms with van der Waals surface area (Å²) in [5.74, 6) is 0. The molecule has 2 atom stereocenters. The van der Waals surface area contributed by atoms with Crippen LogP contribution in [0.4, 0.5) is 0 Å². The lowest BCUT2D eigenvalue weighted by atomic mass is 10.1. The van der Waals surface area contributed by atoms with E-state index in [4.69, 9.17) is 4.98 Å². The minimum Gasteiger partial charge on any atom is -0.374 e. The Bertz CT molecular complexity index is 931. The second-order valence-corrected chi connectivity index (χ2v) is 7.79. The maximum Gasteiger partial charge on any atom is 0.159 e. The van der Waals surface area contributed by atoms with Gasteiger partial charge in [0, 0.05) is 20.8 Å². The summed E-state index contributed by atoms with van der Waals surface area (Å²) in [4.78, 5) is 6.58. The number of nitrogens with zero attached hydrogens (tertiary/aromatic N) is 1. The molecule has 3 aromatic rings. The van der Waals surface area contributed by atoms with Crippen molar-refractivity contribution in [3.05, 3.63) is 71.1 Å². The molecule has 1 aliphatic heterocycles. The number of hydrogen-bond donors (Lipinski definition) is 3. The van der Waals surface area contributed by atoms with Crippen LogP contribution in [0.3, 0.4) is 0 Å². The molecular weight excluding hydrogens is 352 g/mol. The van der Waals surface area contributed by atoms with Crippen molar-refractivity contribution in [2.75, 3.05) is 0 Å². The number of benzene rings is 2. The van der Waals surface area contributed by atoms with Gasteiger partial charge < -0.3 is 10.2 Å². The first-order chi connectivity index (χ1) is 12.2. The number of aromatic nitrogens is 1. The van der Waals surface area contributed by atoms with Gasteiger partial charge in [0.1, 0.15) is 11.3 Å². The van der Waals surface area contributed by atoms with Gasteiger partial charge in [-0.1, -0.05) is 59.9 Å². The minimum atomic E-state index is -0.860. The standard InChI is InChI=1S/C19H16N2O2S2/c22-17-16(25-19(23)21-17)11-13-10-12-6-4-5-9-15(12)20-18(13)24-14-7-2-1-3-8-14/h1-11,17,19,21-23H/b16-11-. The normalized spacial score (nSPS) is 21.9. The SMILES string of the molecule is OC1NC(O)/C(=C/c2cc3ccccc3nc2Sc2ccccc2)S1. The van der Waals surface area contributed by atoms with Crippen LogP contribution in [0.25, 0.3) is 17.0 Å². The fraction of sp³-hybridized carbons (Fsp3) is 0.105. The third-order valence-corrected chi connectivity index (χ3v) is 5.79. The topological polar surface area (TPSA) is 65.4 Å². The molecule has 1 aromatic heterocycles. The number of rotatable bonds is 3. The van der Waals surface area contributed by atoms with Crippen LogP contribution < -0.4 is 5.32 Å². The van der Waals surface area contributed by atoms with Gasteiger partial charge in [-0.25, -0.2) is 4.98 Å². The zero-order valence-corrected chi connectivity index (χ0v) is 14.8. The average molecular weight is 368 g/mol. The van der Waals surface area contributed by atoms with Crippen molar-refractivity contribution in [2.24, 2.45) is 0 Å². The summed E-state index contributed by atoms with van der Waals surface area (Å²) in [6.07, 6.45) is 1.03. The van der Waals surface area contributed by atoms with E-state index < -0.39 is 11.8 Å². The molecule has 4 rings (SSSR count). The molecular formula is C19H16N2O2S2. The van der Waals surface area contributed by atoms with Gasteiger partial charge in [0.25, 0.3) is 0 Å². The van der Waals surface area contributed by atoms with Crippen LogP contribution in [0, 0.1) is 0 Å². The minimum absolute atomic E-state index is 0.680. The third kappa shape index (κ3) is 3.73. The molecule has 1 aliphatic rings. The summed E-state index contributed by atoms with van der Waals surface area (Å²) in [5.41, 5.74) is 1.06. The zero-order chi connectivity index (χ0) is 17.2. The van der Waals surface area contributed by atoms with E-state index in [1.807, 2.05) is 60.7 Å². The molecule has 0 spiro atoms. The number of aliphatic hydroxyl groups is 2. The Kier molecular flexibility index (Phi) is 4.78. The number of para-hydroxylation sites is 1. The molecule has 1 fully saturated rings. The van der Waals surface area contributed by atoms with E-state index in [9.17, 15) is 10.2 Å². The Morgan fingerprint density at radius 3 is 2.56 bits per heavy atom. The molecule has 0 aliphatic carbocycles. The maximum atomic E-state index is 10.0. The van der Waals surface area contributed by atoms with Crippen molar-refractivity contribution in [3.8, 4) is 0 Å². The molecule has 4 nitrogen and oxygen atoms in total. The summed E-state index contributed by atoms with van der Waals surface area (Å²) >= 11 is 2.79. The fourth-order valence-electron chi connectivity index (χ4n) is 2.61. The first kappa shape index (κ1) is 16.6.